The van der Waals surface area contributed by atoms with Crippen LogP contribution in [0.25, 0.3) is 0 Å². The minimum atomic E-state index is -0.795. The highest BCUT2D eigenvalue weighted by atomic mass is 16.5. The first-order valence-electron chi connectivity index (χ1n) is 7.08. The summed E-state index contributed by atoms with van der Waals surface area (Å²) in [6.07, 6.45) is 2.47. The predicted molar refractivity (Wildman–Crippen MR) is 80.0 cm³/mol. The molecule has 1 aromatic rings. The summed E-state index contributed by atoms with van der Waals surface area (Å²) in [6.45, 7) is 4.31. The van der Waals surface area contributed by atoms with Gasteiger partial charge in [0, 0.05) is 6.54 Å². The number of hydrogen-bond acceptors (Lipinski definition) is 3. The first-order valence-corrected chi connectivity index (χ1v) is 7.08. The number of rotatable bonds is 8. The van der Waals surface area contributed by atoms with Gasteiger partial charge in [-0.15, -0.1) is 0 Å². The number of aryl methyl sites for hydroxylation is 1. The Morgan fingerprint density at radius 3 is 2.60 bits per heavy atom. The van der Waals surface area contributed by atoms with Gasteiger partial charge in [0.15, 0.2) is 0 Å². The molecule has 0 heterocycles. The molecular formula is C16H25NO3. The molecule has 3 N–H and O–H groups in total. The second-order valence-corrected chi connectivity index (χ2v) is 5.29. The molecular weight excluding hydrogens is 254 g/mol. The highest BCUT2D eigenvalue weighted by molar-refractivity contribution is 5.70. The van der Waals surface area contributed by atoms with Gasteiger partial charge in [-0.1, -0.05) is 25.5 Å². The number of methoxy groups -OCH3 is 1. The molecule has 0 saturated carbocycles. The number of benzene rings is 1. The van der Waals surface area contributed by atoms with E-state index in [-0.39, 0.29) is 6.54 Å². The Bertz CT molecular complexity index is 445. The van der Waals surface area contributed by atoms with Gasteiger partial charge in [-0.2, -0.15) is 0 Å². The summed E-state index contributed by atoms with van der Waals surface area (Å²) in [5.41, 5.74) is 7.86. The van der Waals surface area contributed by atoms with Crippen molar-refractivity contribution in [3.63, 3.8) is 0 Å². The van der Waals surface area contributed by atoms with Crippen LogP contribution in [0.5, 0.6) is 5.75 Å². The monoisotopic (exact) mass is 279 g/mol. The molecule has 0 aliphatic carbocycles. The molecule has 1 aromatic carbocycles. The minimum Gasteiger partial charge on any atom is -0.496 e. The molecule has 1 rings (SSSR count). The van der Waals surface area contributed by atoms with Crippen LogP contribution in [-0.4, -0.2) is 24.7 Å². The Morgan fingerprint density at radius 1 is 1.45 bits per heavy atom. The van der Waals surface area contributed by atoms with Gasteiger partial charge in [-0.25, -0.2) is 0 Å². The third-order valence-electron chi connectivity index (χ3n) is 3.81. The van der Waals surface area contributed by atoms with E-state index in [1.807, 2.05) is 19.1 Å². The fourth-order valence-electron chi connectivity index (χ4n) is 2.50. The molecule has 4 nitrogen and oxygen atoms in total. The van der Waals surface area contributed by atoms with Gasteiger partial charge >= 0.3 is 5.97 Å². The molecule has 4 heteroatoms. The van der Waals surface area contributed by atoms with Gasteiger partial charge in [0.1, 0.15) is 5.75 Å². The molecule has 112 valence electrons. The van der Waals surface area contributed by atoms with Crippen LogP contribution in [0, 0.1) is 18.8 Å². The van der Waals surface area contributed by atoms with Crippen molar-refractivity contribution in [2.24, 2.45) is 17.6 Å². The van der Waals surface area contributed by atoms with Crippen molar-refractivity contribution in [2.45, 2.75) is 33.1 Å². The van der Waals surface area contributed by atoms with Crippen LogP contribution in [0.3, 0.4) is 0 Å². The maximum absolute atomic E-state index is 11.1. The van der Waals surface area contributed by atoms with Crippen molar-refractivity contribution in [3.8, 4) is 5.75 Å². The number of ether oxygens (including phenoxy) is 1. The Kier molecular flexibility index (Phi) is 6.52. The normalized spacial score (nSPS) is 13.8. The standard InChI is InChI=1S/C16H25NO3/c1-4-12(9-14(10-17)16(18)19)8-13-5-6-15(20-3)11(2)7-13/h5-7,12,14H,4,8-10,17H2,1-3H3,(H,18,19). The van der Waals surface area contributed by atoms with Gasteiger partial charge in [-0.05, 0) is 42.9 Å². The van der Waals surface area contributed by atoms with E-state index in [0.29, 0.717) is 12.3 Å². The van der Waals surface area contributed by atoms with Crippen molar-refractivity contribution < 1.29 is 14.6 Å². The van der Waals surface area contributed by atoms with Gasteiger partial charge in [0.25, 0.3) is 0 Å². The summed E-state index contributed by atoms with van der Waals surface area (Å²) in [5.74, 6) is -0.0178. The smallest absolute Gasteiger partial charge is 0.307 e. The Morgan fingerprint density at radius 2 is 2.15 bits per heavy atom. The summed E-state index contributed by atoms with van der Waals surface area (Å²) in [6, 6.07) is 6.13. The average Bonchev–Trinajstić information content (AvgIpc) is 2.43. The SMILES string of the molecule is CCC(Cc1ccc(OC)c(C)c1)CC(CN)C(=O)O. The quantitative estimate of drug-likeness (QED) is 0.767. The zero-order chi connectivity index (χ0) is 15.1. The molecule has 0 aliphatic heterocycles. The fourth-order valence-corrected chi connectivity index (χ4v) is 2.50. The van der Waals surface area contributed by atoms with Gasteiger partial charge in [0.05, 0.1) is 13.0 Å². The topological polar surface area (TPSA) is 72.5 Å². The summed E-state index contributed by atoms with van der Waals surface area (Å²) in [5, 5.41) is 9.10. The summed E-state index contributed by atoms with van der Waals surface area (Å²) in [4.78, 5) is 11.1. The second kappa shape index (κ2) is 7.90. The van der Waals surface area contributed by atoms with Crippen LogP contribution in [-0.2, 0) is 11.2 Å². The van der Waals surface area contributed by atoms with Crippen molar-refractivity contribution in [2.75, 3.05) is 13.7 Å². The second-order valence-electron chi connectivity index (χ2n) is 5.29. The van der Waals surface area contributed by atoms with Gasteiger partial charge < -0.3 is 15.6 Å². The largest absolute Gasteiger partial charge is 0.496 e. The maximum atomic E-state index is 11.1. The molecule has 2 unspecified atom stereocenters. The fraction of sp³-hybridized carbons (Fsp3) is 0.562. The molecule has 0 bridgehead atoms. The third kappa shape index (κ3) is 4.53. The lowest BCUT2D eigenvalue weighted by Crippen LogP contribution is -2.26. The number of carbonyl (C=O) groups is 1. The van der Waals surface area contributed by atoms with E-state index in [0.717, 1.165) is 24.2 Å². The molecule has 0 fully saturated rings. The first kappa shape index (κ1) is 16.5. The van der Waals surface area contributed by atoms with E-state index < -0.39 is 11.9 Å². The predicted octanol–water partition coefficient (Wildman–Crippen LogP) is 2.62. The van der Waals surface area contributed by atoms with Crippen LogP contribution in [0.15, 0.2) is 18.2 Å². The highest BCUT2D eigenvalue weighted by Gasteiger charge is 2.20. The number of nitrogens with two attached hydrogens (primary N) is 1. The Hall–Kier alpha value is -1.55. The summed E-state index contributed by atoms with van der Waals surface area (Å²) < 4.78 is 5.25. The summed E-state index contributed by atoms with van der Waals surface area (Å²) >= 11 is 0. The molecule has 0 spiro atoms. The molecule has 2 atom stereocenters. The third-order valence-corrected chi connectivity index (χ3v) is 3.81. The van der Waals surface area contributed by atoms with Crippen LogP contribution < -0.4 is 10.5 Å². The van der Waals surface area contributed by atoms with Gasteiger partial charge in [-0.3, -0.25) is 4.79 Å². The van der Waals surface area contributed by atoms with Gasteiger partial charge in [0.2, 0.25) is 0 Å². The molecule has 0 radical (unpaired) electrons. The lowest BCUT2D eigenvalue weighted by atomic mass is 9.87. The van der Waals surface area contributed by atoms with Crippen molar-refractivity contribution in [3.05, 3.63) is 29.3 Å². The molecule has 0 aromatic heterocycles. The van der Waals surface area contributed by atoms with E-state index >= 15 is 0 Å². The van der Waals surface area contributed by atoms with Crippen molar-refractivity contribution >= 4 is 5.97 Å². The van der Waals surface area contributed by atoms with Crippen LogP contribution in [0.1, 0.15) is 30.9 Å². The Balaban J connectivity index is 2.73. The van der Waals surface area contributed by atoms with E-state index in [1.54, 1.807) is 7.11 Å². The van der Waals surface area contributed by atoms with Crippen molar-refractivity contribution in [1.82, 2.24) is 0 Å². The maximum Gasteiger partial charge on any atom is 0.307 e. The summed E-state index contributed by atoms with van der Waals surface area (Å²) in [7, 11) is 1.66. The van der Waals surface area contributed by atoms with E-state index in [4.69, 9.17) is 15.6 Å². The van der Waals surface area contributed by atoms with E-state index in [9.17, 15) is 4.79 Å². The zero-order valence-corrected chi connectivity index (χ0v) is 12.6. The lowest BCUT2D eigenvalue weighted by Gasteiger charge is -2.19. The van der Waals surface area contributed by atoms with Crippen molar-refractivity contribution in [1.29, 1.82) is 0 Å². The van der Waals surface area contributed by atoms with E-state index in [1.165, 1.54) is 5.56 Å². The number of carboxylic acid groups (broad SMARTS) is 1. The first-order chi connectivity index (χ1) is 9.51. The average molecular weight is 279 g/mol. The minimum absolute atomic E-state index is 0.202. The van der Waals surface area contributed by atoms with Crippen LogP contribution in [0.4, 0.5) is 0 Å². The van der Waals surface area contributed by atoms with E-state index in [2.05, 4.69) is 13.0 Å². The zero-order valence-electron chi connectivity index (χ0n) is 12.6. The van der Waals surface area contributed by atoms with Crippen LogP contribution in [0.2, 0.25) is 0 Å². The molecule has 0 amide bonds. The Labute approximate surface area is 120 Å². The highest BCUT2D eigenvalue weighted by Crippen LogP contribution is 2.24. The lowest BCUT2D eigenvalue weighted by molar-refractivity contribution is -0.142. The molecule has 0 aliphatic rings. The molecule has 0 saturated heterocycles. The molecule has 20 heavy (non-hydrogen) atoms. The number of hydrogen-bond donors (Lipinski definition) is 2. The van der Waals surface area contributed by atoms with Crippen LogP contribution >= 0.6 is 0 Å². The number of carboxylic acids is 1. The number of aliphatic carboxylic acids is 1.